The van der Waals surface area contributed by atoms with Crippen LogP contribution in [0.5, 0.6) is 5.75 Å². The van der Waals surface area contributed by atoms with Crippen molar-refractivity contribution in [1.29, 1.82) is 0 Å². The molecule has 0 fully saturated rings. The van der Waals surface area contributed by atoms with E-state index in [0.29, 0.717) is 28.8 Å². The second-order valence-electron chi connectivity index (χ2n) is 9.09. The fourth-order valence-corrected chi connectivity index (χ4v) is 4.97. The minimum absolute atomic E-state index is 0.170. The van der Waals surface area contributed by atoms with Gasteiger partial charge >= 0.3 is 5.69 Å². The van der Waals surface area contributed by atoms with Crippen LogP contribution in [-0.2, 0) is 13.0 Å². The third kappa shape index (κ3) is 5.13. The van der Waals surface area contributed by atoms with E-state index in [1.807, 2.05) is 65.4 Å². The topological polar surface area (TPSA) is 90.6 Å². The Balaban J connectivity index is 1.60. The van der Waals surface area contributed by atoms with Gasteiger partial charge in [0.25, 0.3) is 0 Å². The first-order valence-corrected chi connectivity index (χ1v) is 13.0. The zero-order valence-corrected chi connectivity index (χ0v) is 22.2. The van der Waals surface area contributed by atoms with Gasteiger partial charge in [0.05, 0.1) is 18.7 Å². The van der Waals surface area contributed by atoms with E-state index in [4.69, 9.17) is 16.3 Å². The van der Waals surface area contributed by atoms with E-state index >= 15 is 0 Å². The maximum atomic E-state index is 13.8. The molecule has 0 radical (unpaired) electrons. The molecule has 8 nitrogen and oxygen atoms in total. The number of rotatable bonds is 10. The standard InChI is InChI=1S/C29H29ClN6O2/c1-3-4-6-12-22-19-36(27-25(30)13-9-14-26(27)38-2)29(37)35(22)18-20-15-16-23(21-10-7-5-8-11-21)24(17-20)28-31-33-34-32-28/h5,7-11,13-17,19H,3-4,6,12,18H2,1-2H3,(H,31,32,33,34). The molecule has 0 bridgehead atoms. The second-order valence-corrected chi connectivity index (χ2v) is 9.50. The summed E-state index contributed by atoms with van der Waals surface area (Å²) in [6.07, 6.45) is 5.84. The summed E-state index contributed by atoms with van der Waals surface area (Å²) in [6.45, 7) is 2.56. The van der Waals surface area contributed by atoms with Crippen molar-refractivity contribution in [3.8, 4) is 34.0 Å². The molecule has 2 aromatic heterocycles. The molecule has 9 heteroatoms. The van der Waals surface area contributed by atoms with Crippen LogP contribution in [0, 0.1) is 0 Å². The molecule has 1 N–H and O–H groups in total. The number of halogens is 1. The molecule has 0 aliphatic rings. The smallest absolute Gasteiger partial charge is 0.333 e. The highest BCUT2D eigenvalue weighted by atomic mass is 35.5. The van der Waals surface area contributed by atoms with Crippen LogP contribution in [0.25, 0.3) is 28.2 Å². The Bertz CT molecular complexity index is 1570. The number of aromatic nitrogens is 6. The molecule has 3 aromatic carbocycles. The van der Waals surface area contributed by atoms with Crippen molar-refractivity contribution in [2.24, 2.45) is 0 Å². The summed E-state index contributed by atoms with van der Waals surface area (Å²) >= 11 is 6.54. The van der Waals surface area contributed by atoms with Crippen LogP contribution in [0.1, 0.15) is 37.4 Å². The largest absolute Gasteiger partial charge is 0.494 e. The third-order valence-electron chi connectivity index (χ3n) is 6.60. The van der Waals surface area contributed by atoms with Crippen molar-refractivity contribution in [3.63, 3.8) is 0 Å². The average molecular weight is 529 g/mol. The highest BCUT2D eigenvalue weighted by Gasteiger charge is 2.19. The summed E-state index contributed by atoms with van der Waals surface area (Å²) in [4.78, 5) is 13.8. The Morgan fingerprint density at radius 1 is 1.00 bits per heavy atom. The lowest BCUT2D eigenvalue weighted by Gasteiger charge is -2.12. The number of hydrogen-bond acceptors (Lipinski definition) is 5. The average Bonchev–Trinajstić information content (AvgIpc) is 3.58. The molecule has 0 atom stereocenters. The van der Waals surface area contributed by atoms with E-state index in [0.717, 1.165) is 53.6 Å². The van der Waals surface area contributed by atoms with Gasteiger partial charge in [-0.2, -0.15) is 5.21 Å². The molecule has 0 unspecified atom stereocenters. The molecule has 5 aromatic rings. The number of nitrogens with zero attached hydrogens (tertiary/aromatic N) is 5. The number of H-pyrrole nitrogens is 1. The van der Waals surface area contributed by atoms with Gasteiger partial charge in [-0.15, -0.1) is 10.2 Å². The van der Waals surface area contributed by atoms with Crippen LogP contribution >= 0.6 is 11.6 Å². The van der Waals surface area contributed by atoms with E-state index in [-0.39, 0.29) is 5.69 Å². The number of hydrogen-bond donors (Lipinski definition) is 1. The van der Waals surface area contributed by atoms with Crippen molar-refractivity contribution in [1.82, 2.24) is 29.8 Å². The number of nitrogens with one attached hydrogen (secondary N) is 1. The second kappa shape index (κ2) is 11.5. The number of tetrazole rings is 1. The minimum atomic E-state index is -0.170. The number of aromatic amines is 1. The van der Waals surface area contributed by atoms with Crippen molar-refractivity contribution in [3.05, 3.63) is 99.7 Å². The fourth-order valence-electron chi connectivity index (χ4n) is 4.71. The van der Waals surface area contributed by atoms with Crippen LogP contribution in [0.3, 0.4) is 0 Å². The van der Waals surface area contributed by atoms with Crippen molar-refractivity contribution in [2.75, 3.05) is 7.11 Å². The number of ether oxygens (including phenoxy) is 1. The van der Waals surface area contributed by atoms with E-state index in [1.165, 1.54) is 0 Å². The molecular weight excluding hydrogens is 500 g/mol. The lowest BCUT2D eigenvalue weighted by molar-refractivity contribution is 0.412. The number of benzene rings is 3. The number of unbranched alkanes of at least 4 members (excludes halogenated alkanes) is 2. The van der Waals surface area contributed by atoms with Gasteiger partial charge in [-0.25, -0.2) is 4.79 Å². The Hall–Kier alpha value is -4.17. The summed E-state index contributed by atoms with van der Waals surface area (Å²) in [5, 5.41) is 15.2. The van der Waals surface area contributed by atoms with Gasteiger partial charge in [0.15, 0.2) is 0 Å². The molecule has 0 spiro atoms. The van der Waals surface area contributed by atoms with Crippen LogP contribution < -0.4 is 10.4 Å². The normalized spacial score (nSPS) is 11.1. The Kier molecular flexibility index (Phi) is 7.70. The maximum absolute atomic E-state index is 13.8. The molecule has 0 aliphatic carbocycles. The van der Waals surface area contributed by atoms with Gasteiger partial charge in [-0.3, -0.25) is 9.13 Å². The van der Waals surface area contributed by atoms with Gasteiger partial charge in [0.2, 0.25) is 5.82 Å². The molecule has 0 aliphatic heterocycles. The van der Waals surface area contributed by atoms with Crippen molar-refractivity contribution < 1.29 is 4.74 Å². The first kappa shape index (κ1) is 25.5. The molecule has 0 saturated carbocycles. The highest BCUT2D eigenvalue weighted by Crippen LogP contribution is 2.32. The maximum Gasteiger partial charge on any atom is 0.333 e. The summed E-state index contributed by atoms with van der Waals surface area (Å²) in [5.41, 5.74) is 5.15. The number of para-hydroxylation sites is 1. The lowest BCUT2D eigenvalue weighted by atomic mass is 9.97. The highest BCUT2D eigenvalue weighted by molar-refractivity contribution is 6.32. The molecule has 2 heterocycles. The summed E-state index contributed by atoms with van der Waals surface area (Å²) in [7, 11) is 1.58. The Morgan fingerprint density at radius 3 is 2.58 bits per heavy atom. The predicted molar refractivity (Wildman–Crippen MR) is 149 cm³/mol. The van der Waals surface area contributed by atoms with E-state index < -0.39 is 0 Å². The number of imidazole rings is 1. The summed E-state index contributed by atoms with van der Waals surface area (Å²) in [6, 6.07) is 21.6. The minimum Gasteiger partial charge on any atom is -0.494 e. The first-order valence-electron chi connectivity index (χ1n) is 12.7. The monoisotopic (exact) mass is 528 g/mol. The first-order chi connectivity index (χ1) is 18.6. The quantitative estimate of drug-likeness (QED) is 0.227. The van der Waals surface area contributed by atoms with Crippen LogP contribution in [0.15, 0.2) is 77.7 Å². The van der Waals surface area contributed by atoms with Crippen LogP contribution in [0.4, 0.5) is 0 Å². The van der Waals surface area contributed by atoms with Gasteiger partial charge in [0, 0.05) is 17.5 Å². The van der Waals surface area contributed by atoms with Gasteiger partial charge in [0.1, 0.15) is 11.4 Å². The summed E-state index contributed by atoms with van der Waals surface area (Å²) in [5.74, 6) is 1.04. The van der Waals surface area contributed by atoms with Gasteiger partial charge in [-0.1, -0.05) is 79.9 Å². The van der Waals surface area contributed by atoms with Gasteiger partial charge < -0.3 is 4.74 Å². The zero-order chi connectivity index (χ0) is 26.5. The van der Waals surface area contributed by atoms with Crippen molar-refractivity contribution >= 4 is 11.6 Å². The molecule has 194 valence electrons. The Labute approximate surface area is 225 Å². The van der Waals surface area contributed by atoms with E-state index in [9.17, 15) is 4.79 Å². The lowest BCUT2D eigenvalue weighted by Crippen LogP contribution is -2.25. The number of methoxy groups -OCH3 is 1. The van der Waals surface area contributed by atoms with E-state index in [1.54, 1.807) is 23.8 Å². The summed E-state index contributed by atoms with van der Waals surface area (Å²) < 4.78 is 8.95. The fraction of sp³-hybridized carbons (Fsp3) is 0.241. The Morgan fingerprint density at radius 2 is 1.84 bits per heavy atom. The van der Waals surface area contributed by atoms with E-state index in [2.05, 4.69) is 27.5 Å². The SMILES string of the molecule is CCCCCc1cn(-c2c(Cl)cccc2OC)c(=O)n1Cc1ccc(-c2ccccc2)c(-c2nn[nH]n2)c1. The number of aryl methyl sites for hydroxylation is 1. The molecule has 5 rings (SSSR count). The molecule has 0 amide bonds. The van der Waals surface area contributed by atoms with Gasteiger partial charge in [-0.05, 0) is 52.9 Å². The third-order valence-corrected chi connectivity index (χ3v) is 6.91. The van der Waals surface area contributed by atoms with Crippen LogP contribution in [0.2, 0.25) is 5.02 Å². The predicted octanol–water partition coefficient (Wildman–Crippen LogP) is 5.93. The van der Waals surface area contributed by atoms with Crippen LogP contribution in [-0.4, -0.2) is 36.9 Å². The molecule has 0 saturated heterocycles. The zero-order valence-electron chi connectivity index (χ0n) is 21.4. The van der Waals surface area contributed by atoms with Crippen molar-refractivity contribution in [2.45, 2.75) is 39.2 Å². The molecule has 38 heavy (non-hydrogen) atoms. The molecular formula is C29H29ClN6O2.